The molecule has 0 fully saturated rings. The minimum Gasteiger partial charge on any atom is -0.370 e. The van der Waals surface area contributed by atoms with Crippen LogP contribution in [0.15, 0.2) is 58.3 Å². The van der Waals surface area contributed by atoms with E-state index in [-0.39, 0.29) is 17.5 Å². The van der Waals surface area contributed by atoms with Gasteiger partial charge in [-0.25, -0.2) is 4.98 Å². The van der Waals surface area contributed by atoms with Crippen LogP contribution in [0.1, 0.15) is 16.9 Å². The first-order chi connectivity index (χ1) is 12.8. The molecule has 0 saturated heterocycles. The summed E-state index contributed by atoms with van der Waals surface area (Å²) in [5.74, 6) is 1.12. The molecule has 3 rings (SSSR count). The van der Waals surface area contributed by atoms with Crippen LogP contribution in [0.25, 0.3) is 11.3 Å². The minimum atomic E-state index is -0.276. The summed E-state index contributed by atoms with van der Waals surface area (Å²) in [5.41, 5.74) is 6.26. The Kier molecular flexibility index (Phi) is 5.61. The first-order valence-electron chi connectivity index (χ1n) is 8.04. The molecule has 1 amide bonds. The fraction of sp³-hybridized carbons (Fsp3) is 0.176. The number of benzene rings is 1. The highest BCUT2D eigenvalue weighted by Gasteiger charge is 2.12. The van der Waals surface area contributed by atoms with E-state index in [1.54, 1.807) is 18.3 Å². The van der Waals surface area contributed by atoms with Crippen LogP contribution in [0.5, 0.6) is 0 Å². The van der Waals surface area contributed by atoms with Gasteiger partial charge in [-0.15, -0.1) is 5.53 Å². The summed E-state index contributed by atoms with van der Waals surface area (Å²) >= 11 is 0. The molecule has 9 nitrogen and oxygen atoms in total. The molecule has 9 heteroatoms. The first kappa shape index (κ1) is 17.2. The van der Waals surface area contributed by atoms with Crippen molar-refractivity contribution < 1.29 is 14.8 Å². The van der Waals surface area contributed by atoms with E-state index in [0.29, 0.717) is 31.1 Å². The molecule has 0 aliphatic rings. The third kappa shape index (κ3) is 4.47. The fourth-order valence-corrected chi connectivity index (χ4v) is 2.23. The van der Waals surface area contributed by atoms with E-state index in [1.807, 2.05) is 30.3 Å². The van der Waals surface area contributed by atoms with Crippen molar-refractivity contribution in [3.8, 4) is 11.3 Å². The van der Waals surface area contributed by atoms with Crippen LogP contribution in [-0.2, 0) is 0 Å². The van der Waals surface area contributed by atoms with Gasteiger partial charge in [0.15, 0.2) is 11.5 Å². The van der Waals surface area contributed by atoms with Crippen LogP contribution >= 0.6 is 0 Å². The lowest BCUT2D eigenvalue weighted by Gasteiger charge is -2.05. The van der Waals surface area contributed by atoms with Gasteiger partial charge < -0.3 is 15.2 Å². The lowest BCUT2D eigenvalue weighted by molar-refractivity contribution is -0.211. The zero-order valence-electron chi connectivity index (χ0n) is 13.9. The van der Waals surface area contributed by atoms with Crippen molar-refractivity contribution in [1.29, 1.82) is 0 Å². The average molecular weight is 352 g/mol. The second kappa shape index (κ2) is 8.47. The summed E-state index contributed by atoms with van der Waals surface area (Å²) < 4.78 is 5.22. The van der Waals surface area contributed by atoms with Crippen molar-refractivity contribution >= 4 is 17.7 Å². The number of aromatic nitrogens is 3. The molecule has 0 atom stereocenters. The Hall–Kier alpha value is -3.62. The van der Waals surface area contributed by atoms with Crippen molar-refractivity contribution in [2.24, 2.45) is 5.11 Å². The molecule has 26 heavy (non-hydrogen) atoms. The normalized spacial score (nSPS) is 10.3. The average Bonchev–Trinajstić information content (AvgIpc) is 3.19. The highest BCUT2D eigenvalue weighted by molar-refractivity contribution is 5.93. The van der Waals surface area contributed by atoms with E-state index in [2.05, 4.69) is 30.9 Å². The summed E-state index contributed by atoms with van der Waals surface area (Å²) in [5, 5.41) is 13.1. The predicted molar refractivity (Wildman–Crippen MR) is 93.4 cm³/mol. The molecular weight excluding hydrogens is 334 g/mol. The second-order valence-electron chi connectivity index (χ2n) is 5.35. The molecule has 2 aromatic heterocycles. The second-order valence-corrected chi connectivity index (χ2v) is 5.35. The SMILES string of the molecule is [NH2+]=Nc1nccc(NCCCNC(=O)c2cc(-c3ccccc3)on2)n1. The van der Waals surface area contributed by atoms with Crippen LogP contribution in [0.2, 0.25) is 0 Å². The zero-order chi connectivity index (χ0) is 18.2. The van der Waals surface area contributed by atoms with Crippen LogP contribution in [-0.4, -0.2) is 34.1 Å². The summed E-state index contributed by atoms with van der Waals surface area (Å²) in [4.78, 5) is 20.1. The topological polar surface area (TPSA) is 131 Å². The Balaban J connectivity index is 1.43. The molecule has 132 valence electrons. The molecule has 1 aromatic carbocycles. The van der Waals surface area contributed by atoms with Crippen molar-refractivity contribution in [3.05, 3.63) is 54.4 Å². The van der Waals surface area contributed by atoms with E-state index in [1.165, 1.54) is 0 Å². The number of hydrogen-bond donors (Lipinski definition) is 3. The highest BCUT2D eigenvalue weighted by atomic mass is 16.5. The van der Waals surface area contributed by atoms with Gasteiger partial charge in [0.1, 0.15) is 5.82 Å². The highest BCUT2D eigenvalue weighted by Crippen LogP contribution is 2.19. The summed E-state index contributed by atoms with van der Waals surface area (Å²) in [6, 6.07) is 12.8. The van der Waals surface area contributed by atoms with Gasteiger partial charge in [0.25, 0.3) is 5.91 Å². The first-order valence-corrected chi connectivity index (χ1v) is 8.04. The van der Waals surface area contributed by atoms with Crippen LogP contribution < -0.4 is 16.2 Å². The van der Waals surface area contributed by atoms with Gasteiger partial charge in [-0.3, -0.25) is 4.79 Å². The standard InChI is InChI=1S/C17H17N7O2/c18-23-17-21-10-7-15(22-17)19-8-4-9-20-16(25)13-11-14(26-24-13)12-5-2-1-3-6-12/h1-3,5-7,10-11,18H,4,8-9H2,(H,20,25)(H,19,21,22)/p+1. The molecule has 0 aliphatic heterocycles. The lowest BCUT2D eigenvalue weighted by Crippen LogP contribution is -2.26. The number of anilines is 1. The number of nitrogens with zero attached hydrogens (tertiary/aromatic N) is 4. The molecule has 0 spiro atoms. The van der Waals surface area contributed by atoms with E-state index < -0.39 is 0 Å². The summed E-state index contributed by atoms with van der Waals surface area (Å²) in [6.45, 7) is 1.11. The van der Waals surface area contributed by atoms with Gasteiger partial charge >= 0.3 is 5.95 Å². The molecule has 3 aromatic rings. The van der Waals surface area contributed by atoms with Crippen molar-refractivity contribution in [2.75, 3.05) is 18.4 Å². The van der Waals surface area contributed by atoms with E-state index >= 15 is 0 Å². The largest absolute Gasteiger partial charge is 0.370 e. The molecule has 4 N–H and O–H groups in total. The van der Waals surface area contributed by atoms with E-state index in [0.717, 1.165) is 5.56 Å². The maximum atomic E-state index is 12.1. The molecule has 0 saturated carbocycles. The number of nitrogens with two attached hydrogens (primary N) is 1. The van der Waals surface area contributed by atoms with Crippen molar-refractivity contribution in [1.82, 2.24) is 20.4 Å². The molecule has 0 radical (unpaired) electrons. The summed E-state index contributed by atoms with van der Waals surface area (Å²) in [7, 11) is 0. The van der Waals surface area contributed by atoms with Gasteiger partial charge in [0, 0.05) is 36.0 Å². The van der Waals surface area contributed by atoms with Crippen molar-refractivity contribution in [3.63, 3.8) is 0 Å². The molecular formula is C17H18N7O2+. The number of rotatable bonds is 8. The van der Waals surface area contributed by atoms with Gasteiger partial charge in [-0.2, -0.15) is 4.98 Å². The number of hydrogen-bond acceptors (Lipinski definition) is 7. The minimum absolute atomic E-state index is 0.212. The van der Waals surface area contributed by atoms with Crippen molar-refractivity contribution in [2.45, 2.75) is 6.42 Å². The monoisotopic (exact) mass is 352 g/mol. The number of amides is 1. The molecule has 2 heterocycles. The zero-order valence-corrected chi connectivity index (χ0v) is 13.9. The summed E-state index contributed by atoms with van der Waals surface area (Å²) in [6.07, 6.45) is 2.27. The van der Waals surface area contributed by atoms with E-state index in [9.17, 15) is 4.79 Å². The number of carbonyl (C=O) groups excluding carboxylic acids is 1. The molecule has 0 aliphatic carbocycles. The Labute approximate surface area is 149 Å². The third-order valence-electron chi connectivity index (χ3n) is 3.50. The molecule has 0 bridgehead atoms. The molecule has 0 unspecified atom stereocenters. The maximum absolute atomic E-state index is 12.1. The smallest absolute Gasteiger partial charge is 0.315 e. The predicted octanol–water partition coefficient (Wildman–Crippen LogP) is 1.21. The Morgan fingerprint density at radius 3 is 2.85 bits per heavy atom. The quantitative estimate of drug-likeness (QED) is 0.412. The van der Waals surface area contributed by atoms with Gasteiger partial charge in [-0.05, 0) is 12.5 Å². The number of carbonyl (C=O) groups is 1. The Morgan fingerprint density at radius 2 is 2.04 bits per heavy atom. The lowest BCUT2D eigenvalue weighted by atomic mass is 10.1. The van der Waals surface area contributed by atoms with Crippen LogP contribution in [0, 0.1) is 0 Å². The third-order valence-corrected chi connectivity index (χ3v) is 3.50. The Bertz CT molecular complexity index is 880. The van der Waals surface area contributed by atoms with Gasteiger partial charge in [0.05, 0.1) is 0 Å². The fourth-order valence-electron chi connectivity index (χ4n) is 2.23. The van der Waals surface area contributed by atoms with Gasteiger partial charge in [-0.1, -0.05) is 35.5 Å². The number of nitrogens with one attached hydrogen (secondary N) is 2. The van der Waals surface area contributed by atoms with Crippen LogP contribution in [0.4, 0.5) is 11.8 Å². The van der Waals surface area contributed by atoms with E-state index in [4.69, 9.17) is 10.1 Å². The van der Waals surface area contributed by atoms with Crippen LogP contribution in [0.3, 0.4) is 0 Å². The Morgan fingerprint density at radius 1 is 1.19 bits per heavy atom. The maximum Gasteiger partial charge on any atom is 0.315 e. The van der Waals surface area contributed by atoms with Gasteiger partial charge in [0.2, 0.25) is 0 Å².